The summed E-state index contributed by atoms with van der Waals surface area (Å²) in [4.78, 5) is 5.09. The van der Waals surface area contributed by atoms with Crippen molar-refractivity contribution in [1.29, 1.82) is 0 Å². The normalized spacial score (nSPS) is 28.5. The summed E-state index contributed by atoms with van der Waals surface area (Å²) in [7, 11) is 4.55. The van der Waals surface area contributed by atoms with Gasteiger partial charge in [-0.1, -0.05) is 19.1 Å². The van der Waals surface area contributed by atoms with Gasteiger partial charge in [0.2, 0.25) is 0 Å². The lowest BCUT2D eigenvalue weighted by molar-refractivity contribution is 0.0375. The molecule has 1 N–H and O–H groups in total. The highest BCUT2D eigenvalue weighted by atomic mass is 16.3. The van der Waals surface area contributed by atoms with Crippen molar-refractivity contribution in [3.05, 3.63) is 29.8 Å². The Bertz CT molecular complexity index is 518. The summed E-state index contributed by atoms with van der Waals surface area (Å²) in [6, 6.07) is 8.70. The van der Waals surface area contributed by atoms with Crippen LogP contribution in [-0.4, -0.2) is 48.1 Å². The summed E-state index contributed by atoms with van der Waals surface area (Å²) in [5.74, 6) is 1.29. The van der Waals surface area contributed by atoms with Gasteiger partial charge in [-0.2, -0.15) is 0 Å². The molecule has 23 heavy (non-hydrogen) atoms. The fourth-order valence-electron chi connectivity index (χ4n) is 4.33. The highest BCUT2D eigenvalue weighted by Crippen LogP contribution is 2.45. The zero-order valence-electron chi connectivity index (χ0n) is 15.0. The quantitative estimate of drug-likeness (QED) is 0.864. The van der Waals surface area contributed by atoms with Gasteiger partial charge in [-0.3, -0.25) is 4.90 Å². The minimum absolute atomic E-state index is 0.104. The molecule has 0 radical (unpaired) electrons. The van der Waals surface area contributed by atoms with E-state index in [0.717, 1.165) is 12.5 Å². The van der Waals surface area contributed by atoms with Crippen LogP contribution in [0.5, 0.6) is 5.75 Å². The molecule has 1 aromatic rings. The van der Waals surface area contributed by atoms with E-state index in [2.05, 4.69) is 36.9 Å². The molecule has 0 bridgehead atoms. The first kappa shape index (κ1) is 16.8. The lowest BCUT2D eigenvalue weighted by Gasteiger charge is -2.48. The third kappa shape index (κ3) is 3.56. The monoisotopic (exact) mass is 316 g/mol. The Hall–Kier alpha value is -1.06. The second kappa shape index (κ2) is 6.82. The summed E-state index contributed by atoms with van der Waals surface area (Å²) in [5.41, 5.74) is 1.41. The molecule has 2 saturated carbocycles. The molecule has 0 heterocycles. The second-order valence-electron chi connectivity index (χ2n) is 7.71. The molecule has 0 spiro atoms. The largest absolute Gasteiger partial charge is 0.508 e. The van der Waals surface area contributed by atoms with E-state index < -0.39 is 0 Å². The van der Waals surface area contributed by atoms with Crippen molar-refractivity contribution in [2.75, 3.05) is 27.2 Å². The number of hydrogen-bond donors (Lipinski definition) is 1. The van der Waals surface area contributed by atoms with Gasteiger partial charge in [0.15, 0.2) is 0 Å². The van der Waals surface area contributed by atoms with E-state index in [1.165, 1.54) is 50.6 Å². The van der Waals surface area contributed by atoms with Crippen LogP contribution in [0.1, 0.15) is 51.0 Å². The van der Waals surface area contributed by atoms with Crippen LogP contribution in [0.3, 0.4) is 0 Å². The van der Waals surface area contributed by atoms with Crippen LogP contribution >= 0.6 is 0 Å². The van der Waals surface area contributed by atoms with Crippen LogP contribution < -0.4 is 0 Å². The summed E-state index contributed by atoms with van der Waals surface area (Å²) in [5, 5.41) is 9.99. The average molecular weight is 316 g/mol. The summed E-state index contributed by atoms with van der Waals surface area (Å²) >= 11 is 0. The Balaban J connectivity index is 1.82. The Kier molecular flexibility index (Phi) is 4.98. The number of nitrogens with zero attached hydrogens (tertiary/aromatic N) is 2. The molecule has 2 aliphatic carbocycles. The number of phenolic OH excluding ortho intramolecular Hbond substituents is 1. The van der Waals surface area contributed by atoms with Gasteiger partial charge in [0, 0.05) is 18.1 Å². The first-order valence-electron chi connectivity index (χ1n) is 9.26. The van der Waals surface area contributed by atoms with E-state index in [0.29, 0.717) is 11.8 Å². The maximum Gasteiger partial charge on any atom is 0.115 e. The summed E-state index contributed by atoms with van der Waals surface area (Å²) < 4.78 is 0. The third-order valence-electron chi connectivity index (χ3n) is 6.25. The molecule has 0 aromatic heterocycles. The van der Waals surface area contributed by atoms with E-state index >= 15 is 0 Å². The van der Waals surface area contributed by atoms with Gasteiger partial charge < -0.3 is 10.0 Å². The van der Waals surface area contributed by atoms with E-state index in [9.17, 15) is 5.11 Å². The van der Waals surface area contributed by atoms with Crippen LogP contribution in [0.4, 0.5) is 0 Å². The molecule has 1 aromatic carbocycles. The van der Waals surface area contributed by atoms with Gasteiger partial charge >= 0.3 is 0 Å². The molecule has 3 rings (SSSR count). The van der Waals surface area contributed by atoms with Gasteiger partial charge in [0.1, 0.15) is 5.75 Å². The SMILES string of the molecule is CCN(C)C1CCC(c2cccc(O)c2)(N(C)CC2CC2)CC1. The lowest BCUT2D eigenvalue weighted by Crippen LogP contribution is -2.50. The number of hydrogen-bond acceptors (Lipinski definition) is 3. The second-order valence-corrected chi connectivity index (χ2v) is 7.71. The van der Waals surface area contributed by atoms with Crippen molar-refractivity contribution in [3.8, 4) is 5.75 Å². The third-order valence-corrected chi connectivity index (χ3v) is 6.25. The number of rotatable bonds is 6. The molecule has 0 saturated heterocycles. The Morgan fingerprint density at radius 2 is 1.83 bits per heavy atom. The molecule has 3 nitrogen and oxygen atoms in total. The van der Waals surface area contributed by atoms with Crippen LogP contribution in [0, 0.1) is 5.92 Å². The molecule has 128 valence electrons. The fraction of sp³-hybridized carbons (Fsp3) is 0.700. The van der Waals surface area contributed by atoms with Crippen molar-refractivity contribution in [1.82, 2.24) is 9.80 Å². The van der Waals surface area contributed by atoms with Crippen molar-refractivity contribution in [2.24, 2.45) is 5.92 Å². The van der Waals surface area contributed by atoms with E-state index in [1.54, 1.807) is 6.07 Å². The lowest BCUT2D eigenvalue weighted by atomic mass is 9.73. The average Bonchev–Trinajstić information content (AvgIpc) is 3.38. The van der Waals surface area contributed by atoms with Gasteiger partial charge in [-0.05, 0) is 82.8 Å². The molecular weight excluding hydrogens is 284 g/mol. The van der Waals surface area contributed by atoms with Crippen molar-refractivity contribution >= 4 is 0 Å². The minimum Gasteiger partial charge on any atom is -0.508 e. The molecule has 2 fully saturated rings. The zero-order chi connectivity index (χ0) is 16.4. The van der Waals surface area contributed by atoms with Crippen LogP contribution in [0.25, 0.3) is 0 Å². The summed E-state index contributed by atoms with van der Waals surface area (Å²) in [6.07, 6.45) is 7.65. The topological polar surface area (TPSA) is 26.7 Å². The first-order valence-corrected chi connectivity index (χ1v) is 9.26. The molecule has 2 aliphatic rings. The Labute approximate surface area is 141 Å². The van der Waals surface area contributed by atoms with E-state index in [1.807, 2.05) is 12.1 Å². The molecule has 0 amide bonds. The van der Waals surface area contributed by atoms with Crippen LogP contribution in [-0.2, 0) is 5.54 Å². The minimum atomic E-state index is 0.104. The standard InChI is InChI=1S/C20H32N2O/c1-4-21(2)18-10-12-20(13-11-18,22(3)15-16-8-9-16)17-6-5-7-19(23)14-17/h5-7,14,16,18,23H,4,8-13,15H2,1-3H3. The highest BCUT2D eigenvalue weighted by Gasteiger charge is 2.42. The van der Waals surface area contributed by atoms with Crippen LogP contribution in [0.2, 0.25) is 0 Å². The van der Waals surface area contributed by atoms with Gasteiger partial charge in [0.25, 0.3) is 0 Å². The predicted molar refractivity (Wildman–Crippen MR) is 95.7 cm³/mol. The maximum atomic E-state index is 9.99. The molecule has 0 aliphatic heterocycles. The molecule has 0 atom stereocenters. The predicted octanol–water partition coefficient (Wildman–Crippen LogP) is 3.82. The van der Waals surface area contributed by atoms with Crippen LogP contribution in [0.15, 0.2) is 24.3 Å². The first-order chi connectivity index (χ1) is 11.0. The number of benzene rings is 1. The Morgan fingerprint density at radius 3 is 2.39 bits per heavy atom. The smallest absolute Gasteiger partial charge is 0.115 e. The van der Waals surface area contributed by atoms with E-state index in [4.69, 9.17) is 0 Å². The molecular formula is C20H32N2O. The molecule has 3 heteroatoms. The fourth-order valence-corrected chi connectivity index (χ4v) is 4.33. The number of aromatic hydroxyl groups is 1. The zero-order valence-corrected chi connectivity index (χ0v) is 15.0. The van der Waals surface area contributed by atoms with Gasteiger partial charge in [-0.25, -0.2) is 0 Å². The molecule has 0 unspecified atom stereocenters. The maximum absolute atomic E-state index is 9.99. The summed E-state index contributed by atoms with van der Waals surface area (Å²) in [6.45, 7) is 4.57. The van der Waals surface area contributed by atoms with Crippen molar-refractivity contribution in [3.63, 3.8) is 0 Å². The Morgan fingerprint density at radius 1 is 1.13 bits per heavy atom. The number of phenols is 1. The highest BCUT2D eigenvalue weighted by molar-refractivity contribution is 5.33. The van der Waals surface area contributed by atoms with Gasteiger partial charge in [-0.15, -0.1) is 0 Å². The van der Waals surface area contributed by atoms with E-state index in [-0.39, 0.29) is 5.54 Å². The van der Waals surface area contributed by atoms with Crippen molar-refractivity contribution < 1.29 is 5.11 Å². The van der Waals surface area contributed by atoms with Gasteiger partial charge in [0.05, 0.1) is 0 Å². The van der Waals surface area contributed by atoms with Crippen molar-refractivity contribution in [2.45, 2.75) is 57.0 Å².